The van der Waals surface area contributed by atoms with Crippen LogP contribution in [0.15, 0.2) is 72.3 Å². The van der Waals surface area contributed by atoms with Crippen LogP contribution in [0.25, 0.3) is 5.76 Å². The van der Waals surface area contributed by atoms with Gasteiger partial charge in [0.25, 0.3) is 11.7 Å². The Bertz CT molecular complexity index is 1430. The zero-order valence-corrected chi connectivity index (χ0v) is 21.8. The van der Waals surface area contributed by atoms with E-state index in [9.17, 15) is 24.6 Å². The normalized spacial score (nSPS) is 16.3. The van der Waals surface area contributed by atoms with Crippen LogP contribution < -0.4 is 14.2 Å². The molecule has 3 aromatic carbocycles. The molecule has 0 radical (unpaired) electrons. The van der Waals surface area contributed by atoms with Crippen molar-refractivity contribution in [1.82, 2.24) is 4.90 Å². The minimum Gasteiger partial charge on any atom is -0.507 e. The van der Waals surface area contributed by atoms with Crippen molar-refractivity contribution >= 4 is 23.4 Å². The molecule has 1 amide bonds. The summed E-state index contributed by atoms with van der Waals surface area (Å²) in [6.07, 6.45) is 0. The second kappa shape index (κ2) is 11.7. The van der Waals surface area contributed by atoms with Crippen molar-refractivity contribution in [1.29, 1.82) is 0 Å². The summed E-state index contributed by atoms with van der Waals surface area (Å²) in [4.78, 5) is 39.4. The van der Waals surface area contributed by atoms with Crippen LogP contribution in [0.1, 0.15) is 46.9 Å². The molecule has 1 heterocycles. The summed E-state index contributed by atoms with van der Waals surface area (Å²) in [5, 5.41) is 20.8. The van der Waals surface area contributed by atoms with Gasteiger partial charge in [0.05, 0.1) is 43.1 Å². The van der Waals surface area contributed by atoms with Crippen molar-refractivity contribution in [2.75, 3.05) is 20.3 Å². The van der Waals surface area contributed by atoms with Crippen molar-refractivity contribution in [3.63, 3.8) is 0 Å². The fourth-order valence-corrected chi connectivity index (χ4v) is 4.53. The molecule has 1 atom stereocenters. The van der Waals surface area contributed by atoms with E-state index in [1.807, 2.05) is 6.92 Å². The van der Waals surface area contributed by atoms with E-state index >= 15 is 0 Å². The number of ketones is 1. The van der Waals surface area contributed by atoms with E-state index in [1.165, 1.54) is 24.1 Å². The smallest absolute Gasteiger partial charge is 0.335 e. The molecule has 202 valence electrons. The highest BCUT2D eigenvalue weighted by atomic mass is 16.5. The maximum Gasteiger partial charge on any atom is 0.335 e. The van der Waals surface area contributed by atoms with E-state index < -0.39 is 23.7 Å². The number of likely N-dealkylation sites (tertiary alicyclic amines) is 1. The summed E-state index contributed by atoms with van der Waals surface area (Å²) in [6, 6.07) is 16.9. The summed E-state index contributed by atoms with van der Waals surface area (Å²) in [5.41, 5.74) is 1.42. The number of benzene rings is 3. The number of rotatable bonds is 10. The lowest BCUT2D eigenvalue weighted by atomic mass is 9.94. The lowest BCUT2D eigenvalue weighted by molar-refractivity contribution is -0.140. The van der Waals surface area contributed by atoms with Gasteiger partial charge in [-0.05, 0) is 61.4 Å². The monoisotopic (exact) mass is 531 g/mol. The van der Waals surface area contributed by atoms with Gasteiger partial charge >= 0.3 is 5.97 Å². The fourth-order valence-electron chi connectivity index (χ4n) is 4.53. The van der Waals surface area contributed by atoms with Crippen LogP contribution in [0.5, 0.6) is 17.2 Å². The number of Topliss-reactive ketones (excluding diaryl/α,β-unsaturated/α-hetero) is 1. The van der Waals surface area contributed by atoms with Gasteiger partial charge in [-0.15, -0.1) is 0 Å². The van der Waals surface area contributed by atoms with Crippen LogP contribution in [0.3, 0.4) is 0 Å². The first-order chi connectivity index (χ1) is 18.8. The van der Waals surface area contributed by atoms with Gasteiger partial charge in [0, 0.05) is 12.6 Å². The molecule has 39 heavy (non-hydrogen) atoms. The van der Waals surface area contributed by atoms with Crippen LogP contribution in [-0.4, -0.2) is 53.1 Å². The molecule has 1 saturated heterocycles. The van der Waals surface area contributed by atoms with Crippen molar-refractivity contribution in [3.05, 3.63) is 94.6 Å². The van der Waals surface area contributed by atoms with Crippen molar-refractivity contribution in [2.24, 2.45) is 0 Å². The Hall–Kier alpha value is -4.79. The third kappa shape index (κ3) is 5.57. The Morgan fingerprint density at radius 1 is 0.897 bits per heavy atom. The van der Waals surface area contributed by atoms with E-state index in [0.717, 1.165) is 0 Å². The first kappa shape index (κ1) is 27.3. The maximum atomic E-state index is 13.5. The molecule has 1 fully saturated rings. The topological polar surface area (TPSA) is 123 Å². The van der Waals surface area contributed by atoms with Gasteiger partial charge in [-0.1, -0.05) is 24.3 Å². The van der Waals surface area contributed by atoms with E-state index in [4.69, 9.17) is 14.2 Å². The van der Waals surface area contributed by atoms with Crippen molar-refractivity contribution < 1.29 is 38.8 Å². The predicted molar refractivity (Wildman–Crippen MR) is 143 cm³/mol. The Morgan fingerprint density at radius 2 is 1.62 bits per heavy atom. The molecule has 1 aliphatic heterocycles. The molecule has 4 rings (SSSR count). The molecular weight excluding hydrogens is 502 g/mol. The minimum absolute atomic E-state index is 0.00469. The minimum atomic E-state index is -1.07. The van der Waals surface area contributed by atoms with Gasteiger partial charge in [0.1, 0.15) is 23.0 Å². The van der Waals surface area contributed by atoms with Gasteiger partial charge < -0.3 is 29.3 Å². The molecule has 9 heteroatoms. The molecular formula is C30H29NO8. The number of amides is 1. The highest BCUT2D eigenvalue weighted by Crippen LogP contribution is 2.43. The Labute approximate surface area is 225 Å². The van der Waals surface area contributed by atoms with E-state index in [1.54, 1.807) is 61.5 Å². The first-order valence-corrected chi connectivity index (χ1v) is 12.4. The Morgan fingerprint density at radius 3 is 2.26 bits per heavy atom. The molecule has 0 aliphatic carbocycles. The van der Waals surface area contributed by atoms with Crippen LogP contribution in [0.2, 0.25) is 0 Å². The largest absolute Gasteiger partial charge is 0.507 e. The van der Waals surface area contributed by atoms with E-state index in [0.29, 0.717) is 41.6 Å². The van der Waals surface area contributed by atoms with Crippen molar-refractivity contribution in [2.45, 2.75) is 26.4 Å². The van der Waals surface area contributed by atoms with Gasteiger partial charge in [-0.3, -0.25) is 9.59 Å². The summed E-state index contributed by atoms with van der Waals surface area (Å²) in [5.74, 6) is -1.74. The first-order valence-electron chi connectivity index (χ1n) is 12.4. The number of methoxy groups -OCH3 is 1. The van der Waals surface area contributed by atoms with Gasteiger partial charge in [-0.2, -0.15) is 0 Å². The fraction of sp³-hybridized carbons (Fsp3) is 0.233. The van der Waals surface area contributed by atoms with Crippen LogP contribution >= 0.6 is 0 Å². The van der Waals surface area contributed by atoms with Gasteiger partial charge in [0.2, 0.25) is 0 Å². The Kier molecular flexibility index (Phi) is 8.19. The van der Waals surface area contributed by atoms with Crippen molar-refractivity contribution in [3.8, 4) is 17.2 Å². The highest BCUT2D eigenvalue weighted by Gasteiger charge is 2.46. The molecule has 3 aromatic rings. The molecule has 2 N–H and O–H groups in total. The van der Waals surface area contributed by atoms with Gasteiger partial charge in [-0.25, -0.2) is 4.79 Å². The SMILES string of the molecule is CCOc1ccc(/C(O)=C2/C(=O)C(=O)N(Cc3ccc(C(=O)O)cc3)C2c2cccc(OC)c2)c(OCC)c1. The highest BCUT2D eigenvalue weighted by molar-refractivity contribution is 6.46. The average Bonchev–Trinajstić information content (AvgIpc) is 3.18. The average molecular weight is 532 g/mol. The number of ether oxygens (including phenoxy) is 3. The summed E-state index contributed by atoms with van der Waals surface area (Å²) >= 11 is 0. The second-order valence-electron chi connectivity index (χ2n) is 8.73. The van der Waals surface area contributed by atoms with Crippen LogP contribution in [0.4, 0.5) is 0 Å². The predicted octanol–water partition coefficient (Wildman–Crippen LogP) is 4.81. The zero-order valence-electron chi connectivity index (χ0n) is 21.8. The summed E-state index contributed by atoms with van der Waals surface area (Å²) < 4.78 is 16.7. The zero-order chi connectivity index (χ0) is 28.1. The number of hydrogen-bond acceptors (Lipinski definition) is 7. The Balaban J connectivity index is 1.86. The van der Waals surface area contributed by atoms with Crippen LogP contribution in [-0.2, 0) is 16.1 Å². The number of aliphatic hydroxyl groups excluding tert-OH is 1. The molecule has 0 saturated carbocycles. The molecule has 0 bridgehead atoms. The standard InChI is InChI=1S/C30H29NO8/c1-4-38-22-13-14-23(24(16-22)39-5-2)27(32)25-26(20-7-6-8-21(15-20)37-3)31(29(34)28(25)33)17-18-9-11-19(12-10-18)30(35)36/h6-16,26,32H,4-5,17H2,1-3H3,(H,35,36)/b27-25-. The summed E-state index contributed by atoms with van der Waals surface area (Å²) in [6.45, 7) is 4.38. The summed E-state index contributed by atoms with van der Waals surface area (Å²) in [7, 11) is 1.51. The maximum absolute atomic E-state index is 13.5. The number of carboxylic acids is 1. The van der Waals surface area contributed by atoms with E-state index in [-0.39, 0.29) is 29.0 Å². The number of carbonyl (C=O) groups excluding carboxylic acids is 2. The van der Waals surface area contributed by atoms with Gasteiger partial charge in [0.15, 0.2) is 0 Å². The quantitative estimate of drug-likeness (QED) is 0.217. The molecule has 1 unspecified atom stereocenters. The van der Waals surface area contributed by atoms with Crippen LogP contribution in [0, 0.1) is 0 Å². The lowest BCUT2D eigenvalue weighted by Gasteiger charge is -2.26. The molecule has 0 aromatic heterocycles. The number of nitrogens with zero attached hydrogens (tertiary/aromatic N) is 1. The second-order valence-corrected chi connectivity index (χ2v) is 8.73. The molecule has 0 spiro atoms. The number of aliphatic hydroxyl groups is 1. The lowest BCUT2D eigenvalue weighted by Crippen LogP contribution is -2.29. The number of aromatic carboxylic acids is 1. The third-order valence-electron chi connectivity index (χ3n) is 6.32. The number of carboxylic acid groups (broad SMARTS) is 1. The molecule has 9 nitrogen and oxygen atoms in total. The molecule has 1 aliphatic rings. The number of hydrogen-bond donors (Lipinski definition) is 2. The third-order valence-corrected chi connectivity index (χ3v) is 6.32. The van der Waals surface area contributed by atoms with E-state index in [2.05, 4.69) is 0 Å². The number of carbonyl (C=O) groups is 3.